The fourth-order valence-corrected chi connectivity index (χ4v) is 2.22. The van der Waals surface area contributed by atoms with E-state index in [1.807, 2.05) is 7.05 Å². The third kappa shape index (κ3) is 5.50. The molecule has 0 aliphatic carbocycles. The van der Waals surface area contributed by atoms with Gasteiger partial charge in [0.25, 0.3) is 0 Å². The quantitative estimate of drug-likeness (QED) is 0.635. The molecule has 3 heteroatoms. The van der Waals surface area contributed by atoms with Gasteiger partial charge in [0.05, 0.1) is 6.61 Å². The monoisotopic (exact) mass is 216 g/mol. The van der Waals surface area contributed by atoms with Crippen LogP contribution in [0.5, 0.6) is 0 Å². The summed E-state index contributed by atoms with van der Waals surface area (Å²) >= 11 is 0. The average Bonchev–Trinajstić information content (AvgIpc) is 2.20. The maximum absolute atomic E-state index is 5.23. The van der Waals surface area contributed by atoms with Crippen LogP contribution in [0.25, 0.3) is 0 Å². The van der Waals surface area contributed by atoms with E-state index < -0.39 is 0 Å². The van der Waals surface area contributed by atoms with Crippen LogP contribution in [0.3, 0.4) is 0 Å². The third-order valence-electron chi connectivity index (χ3n) is 2.87. The number of hydrogen-bond acceptors (Lipinski definition) is 3. The van der Waals surface area contributed by atoms with Crippen LogP contribution in [0, 0.1) is 0 Å². The lowest BCUT2D eigenvalue weighted by molar-refractivity contribution is 0.0700. The second kappa shape index (κ2) is 9.13. The molecular weight excluding hydrogens is 188 g/mol. The molecule has 0 spiro atoms. The minimum Gasteiger partial charge on any atom is -0.383 e. The van der Waals surface area contributed by atoms with E-state index in [0.717, 1.165) is 19.7 Å². The summed E-state index contributed by atoms with van der Waals surface area (Å²) in [7, 11) is 3.80. The van der Waals surface area contributed by atoms with Crippen LogP contribution < -0.4 is 5.32 Å². The summed E-state index contributed by atoms with van der Waals surface area (Å²) in [6.45, 7) is 9.69. The van der Waals surface area contributed by atoms with E-state index in [4.69, 9.17) is 4.74 Å². The van der Waals surface area contributed by atoms with Crippen molar-refractivity contribution < 1.29 is 4.74 Å². The molecule has 0 aromatic heterocycles. The summed E-state index contributed by atoms with van der Waals surface area (Å²) in [5.41, 5.74) is 0. The summed E-state index contributed by atoms with van der Waals surface area (Å²) in [4.78, 5) is 2.53. The average molecular weight is 216 g/mol. The molecule has 0 aliphatic rings. The molecule has 0 aliphatic heterocycles. The van der Waals surface area contributed by atoms with E-state index in [-0.39, 0.29) is 0 Å². The molecule has 2 atom stereocenters. The van der Waals surface area contributed by atoms with Crippen LogP contribution in [0.15, 0.2) is 0 Å². The highest BCUT2D eigenvalue weighted by Gasteiger charge is 2.20. The molecule has 0 saturated heterocycles. The lowest BCUT2D eigenvalue weighted by Crippen LogP contribution is -2.47. The number of ether oxygens (including phenoxy) is 1. The SMILES string of the molecule is CCCC(CNC)N(CC)C(C)COC. The molecule has 92 valence electrons. The summed E-state index contributed by atoms with van der Waals surface area (Å²) in [6.07, 6.45) is 2.49. The number of rotatable bonds is 9. The number of likely N-dealkylation sites (N-methyl/N-ethyl adjacent to an activating group) is 2. The molecule has 0 radical (unpaired) electrons. The Hall–Kier alpha value is -0.120. The van der Waals surface area contributed by atoms with Crippen LogP contribution in [0.2, 0.25) is 0 Å². The Morgan fingerprint density at radius 1 is 1.33 bits per heavy atom. The van der Waals surface area contributed by atoms with Gasteiger partial charge >= 0.3 is 0 Å². The van der Waals surface area contributed by atoms with Gasteiger partial charge in [-0.05, 0) is 26.9 Å². The zero-order chi connectivity index (χ0) is 11.7. The Balaban J connectivity index is 4.28. The highest BCUT2D eigenvalue weighted by atomic mass is 16.5. The van der Waals surface area contributed by atoms with Gasteiger partial charge in [0.15, 0.2) is 0 Å². The summed E-state index contributed by atoms with van der Waals surface area (Å²) in [5, 5.41) is 3.28. The van der Waals surface area contributed by atoms with E-state index in [1.54, 1.807) is 7.11 Å². The summed E-state index contributed by atoms with van der Waals surface area (Å²) in [5.74, 6) is 0. The van der Waals surface area contributed by atoms with Crippen LogP contribution >= 0.6 is 0 Å². The molecular formula is C12H28N2O. The molecule has 2 unspecified atom stereocenters. The number of nitrogens with zero attached hydrogens (tertiary/aromatic N) is 1. The number of hydrogen-bond donors (Lipinski definition) is 1. The van der Waals surface area contributed by atoms with Gasteiger partial charge in [0, 0.05) is 25.7 Å². The molecule has 0 heterocycles. The van der Waals surface area contributed by atoms with E-state index in [1.165, 1.54) is 12.8 Å². The van der Waals surface area contributed by atoms with Gasteiger partial charge in [-0.15, -0.1) is 0 Å². The Morgan fingerprint density at radius 2 is 2.00 bits per heavy atom. The van der Waals surface area contributed by atoms with Gasteiger partial charge < -0.3 is 10.1 Å². The highest BCUT2D eigenvalue weighted by Crippen LogP contribution is 2.10. The van der Waals surface area contributed by atoms with Crippen molar-refractivity contribution in [3.63, 3.8) is 0 Å². The minimum atomic E-state index is 0.505. The third-order valence-corrected chi connectivity index (χ3v) is 2.87. The summed E-state index contributed by atoms with van der Waals surface area (Å²) in [6, 6.07) is 1.14. The van der Waals surface area contributed by atoms with Crippen molar-refractivity contribution in [1.82, 2.24) is 10.2 Å². The Bertz CT molecular complexity index is 136. The first kappa shape index (κ1) is 14.9. The molecule has 0 rings (SSSR count). The van der Waals surface area contributed by atoms with E-state index in [2.05, 4.69) is 31.0 Å². The van der Waals surface area contributed by atoms with Crippen LogP contribution in [0.4, 0.5) is 0 Å². The molecule has 0 saturated carbocycles. The van der Waals surface area contributed by atoms with Crippen molar-refractivity contribution in [2.24, 2.45) is 0 Å². The zero-order valence-electron chi connectivity index (χ0n) is 11.0. The van der Waals surface area contributed by atoms with Crippen molar-refractivity contribution in [2.45, 2.75) is 45.7 Å². The maximum atomic E-state index is 5.23. The molecule has 0 aromatic rings. The molecule has 0 amide bonds. The van der Waals surface area contributed by atoms with Crippen molar-refractivity contribution in [3.05, 3.63) is 0 Å². The topological polar surface area (TPSA) is 24.5 Å². The Kier molecular flexibility index (Phi) is 9.06. The van der Waals surface area contributed by atoms with E-state index in [0.29, 0.717) is 12.1 Å². The molecule has 15 heavy (non-hydrogen) atoms. The summed E-state index contributed by atoms with van der Waals surface area (Å²) < 4.78 is 5.23. The van der Waals surface area contributed by atoms with Crippen LogP contribution in [0.1, 0.15) is 33.6 Å². The van der Waals surface area contributed by atoms with Crippen LogP contribution in [-0.4, -0.2) is 50.8 Å². The van der Waals surface area contributed by atoms with E-state index >= 15 is 0 Å². The second-order valence-corrected chi connectivity index (χ2v) is 4.13. The highest BCUT2D eigenvalue weighted by molar-refractivity contribution is 4.77. The fraction of sp³-hybridized carbons (Fsp3) is 1.00. The van der Waals surface area contributed by atoms with E-state index in [9.17, 15) is 0 Å². The Morgan fingerprint density at radius 3 is 2.40 bits per heavy atom. The molecule has 3 nitrogen and oxygen atoms in total. The lowest BCUT2D eigenvalue weighted by atomic mass is 10.1. The number of nitrogens with one attached hydrogen (secondary N) is 1. The first-order valence-electron chi connectivity index (χ1n) is 6.10. The smallest absolute Gasteiger partial charge is 0.0615 e. The molecule has 1 N–H and O–H groups in total. The van der Waals surface area contributed by atoms with Gasteiger partial charge in [-0.25, -0.2) is 0 Å². The number of methoxy groups -OCH3 is 1. The Labute approximate surface area is 95.2 Å². The zero-order valence-corrected chi connectivity index (χ0v) is 11.0. The van der Waals surface area contributed by atoms with Gasteiger partial charge in [-0.3, -0.25) is 4.90 Å². The van der Waals surface area contributed by atoms with Gasteiger partial charge in [-0.1, -0.05) is 20.3 Å². The van der Waals surface area contributed by atoms with Gasteiger partial charge in [-0.2, -0.15) is 0 Å². The first-order chi connectivity index (χ1) is 7.21. The van der Waals surface area contributed by atoms with Crippen molar-refractivity contribution in [2.75, 3.05) is 33.9 Å². The maximum Gasteiger partial charge on any atom is 0.0615 e. The molecule has 0 bridgehead atoms. The first-order valence-corrected chi connectivity index (χ1v) is 6.10. The van der Waals surface area contributed by atoms with Crippen molar-refractivity contribution in [1.29, 1.82) is 0 Å². The standard InChI is InChI=1S/C12H28N2O/c1-6-8-12(9-13-4)14(7-2)11(3)10-15-5/h11-13H,6-10H2,1-5H3. The molecule has 0 aromatic carbocycles. The normalized spacial score (nSPS) is 15.6. The fourth-order valence-electron chi connectivity index (χ4n) is 2.22. The minimum absolute atomic E-state index is 0.505. The predicted molar refractivity (Wildman–Crippen MR) is 66.3 cm³/mol. The van der Waals surface area contributed by atoms with Gasteiger partial charge in [0.2, 0.25) is 0 Å². The largest absolute Gasteiger partial charge is 0.383 e. The molecule has 0 fully saturated rings. The lowest BCUT2D eigenvalue weighted by Gasteiger charge is -2.35. The van der Waals surface area contributed by atoms with Crippen molar-refractivity contribution in [3.8, 4) is 0 Å². The van der Waals surface area contributed by atoms with Crippen molar-refractivity contribution >= 4 is 0 Å². The van der Waals surface area contributed by atoms with Crippen LogP contribution in [-0.2, 0) is 4.74 Å². The second-order valence-electron chi connectivity index (χ2n) is 4.13. The predicted octanol–water partition coefficient (Wildman–Crippen LogP) is 1.73. The van der Waals surface area contributed by atoms with Gasteiger partial charge in [0.1, 0.15) is 0 Å².